The molecule has 2 aromatic carbocycles. The van der Waals surface area contributed by atoms with Gasteiger partial charge in [-0.05, 0) is 49.2 Å². The minimum Gasteiger partial charge on any atom is -0.493 e. The molecule has 1 amide bonds. The van der Waals surface area contributed by atoms with Crippen LogP contribution in [0, 0.1) is 0 Å². The number of rotatable bonds is 6. The summed E-state index contributed by atoms with van der Waals surface area (Å²) in [5.74, 6) is 0.740. The lowest BCUT2D eigenvalue weighted by Gasteiger charge is -2.26. The highest BCUT2D eigenvalue weighted by molar-refractivity contribution is 7.89. The summed E-state index contributed by atoms with van der Waals surface area (Å²) in [4.78, 5) is 12.5. The van der Waals surface area contributed by atoms with Crippen LogP contribution in [0.5, 0.6) is 5.75 Å². The van der Waals surface area contributed by atoms with Gasteiger partial charge in [0, 0.05) is 30.2 Å². The minimum atomic E-state index is -3.56. The van der Waals surface area contributed by atoms with E-state index in [2.05, 4.69) is 5.32 Å². The van der Waals surface area contributed by atoms with E-state index in [1.807, 2.05) is 18.2 Å². The van der Waals surface area contributed by atoms with Crippen molar-refractivity contribution < 1.29 is 22.4 Å². The molecular weight excluding hydrogens is 416 g/mol. The number of piperidine rings is 1. The van der Waals surface area contributed by atoms with E-state index in [4.69, 9.17) is 9.15 Å². The maximum Gasteiger partial charge on any atom is 0.248 e. The van der Waals surface area contributed by atoms with E-state index in [0.29, 0.717) is 35.9 Å². The summed E-state index contributed by atoms with van der Waals surface area (Å²) in [6, 6.07) is 13.7. The van der Waals surface area contributed by atoms with Crippen molar-refractivity contribution >= 4 is 38.7 Å². The summed E-state index contributed by atoms with van der Waals surface area (Å²) in [6.07, 6.45) is 5.69. The standard InChI is InChI=1S/C23H24N2O5S/c1-29-21-10-5-7-17-15-19(30-23(17)21)11-12-22(26)24-18-8-6-9-20(16-18)31(27,28)25-13-3-2-4-14-25/h5-12,15-16H,2-4,13-14H2,1H3,(H,24,26)/b12-11+. The summed E-state index contributed by atoms with van der Waals surface area (Å²) < 4.78 is 38.2. The molecule has 4 rings (SSSR count). The number of furan rings is 1. The van der Waals surface area contributed by atoms with Crippen molar-refractivity contribution in [3.63, 3.8) is 0 Å². The molecule has 1 aliphatic rings. The van der Waals surface area contributed by atoms with Crippen LogP contribution in [-0.2, 0) is 14.8 Å². The number of nitrogens with one attached hydrogen (secondary N) is 1. The fraction of sp³-hybridized carbons (Fsp3) is 0.261. The van der Waals surface area contributed by atoms with Gasteiger partial charge in [0.05, 0.1) is 12.0 Å². The van der Waals surface area contributed by atoms with Crippen LogP contribution in [-0.4, -0.2) is 38.8 Å². The molecule has 8 heteroatoms. The van der Waals surface area contributed by atoms with E-state index < -0.39 is 10.0 Å². The first kappa shape index (κ1) is 21.1. The Balaban J connectivity index is 1.47. The van der Waals surface area contributed by atoms with Crippen molar-refractivity contribution in [1.82, 2.24) is 4.31 Å². The Hall–Kier alpha value is -3.10. The third-order valence-electron chi connectivity index (χ3n) is 5.20. The van der Waals surface area contributed by atoms with Crippen LogP contribution in [0.25, 0.3) is 17.0 Å². The van der Waals surface area contributed by atoms with Gasteiger partial charge in [0.1, 0.15) is 5.76 Å². The molecule has 1 fully saturated rings. The fourth-order valence-corrected chi connectivity index (χ4v) is 5.19. The molecule has 3 aromatic rings. The van der Waals surface area contributed by atoms with E-state index in [-0.39, 0.29) is 10.8 Å². The lowest BCUT2D eigenvalue weighted by molar-refractivity contribution is -0.111. The van der Waals surface area contributed by atoms with Crippen molar-refractivity contribution in [2.45, 2.75) is 24.2 Å². The van der Waals surface area contributed by atoms with Crippen LogP contribution in [0.4, 0.5) is 5.69 Å². The van der Waals surface area contributed by atoms with Gasteiger partial charge in [-0.25, -0.2) is 8.42 Å². The van der Waals surface area contributed by atoms with Crippen molar-refractivity contribution in [3.05, 3.63) is 60.4 Å². The molecule has 0 saturated carbocycles. The van der Waals surface area contributed by atoms with Gasteiger partial charge in [-0.15, -0.1) is 0 Å². The Kier molecular flexibility index (Phi) is 6.11. The highest BCUT2D eigenvalue weighted by Gasteiger charge is 2.26. The predicted octanol–water partition coefficient (Wildman–Crippen LogP) is 4.27. The Morgan fingerprint density at radius 3 is 2.65 bits per heavy atom. The molecule has 0 aliphatic carbocycles. The van der Waals surface area contributed by atoms with E-state index in [1.54, 1.807) is 37.5 Å². The first-order valence-electron chi connectivity index (χ1n) is 10.1. The number of carbonyl (C=O) groups excluding carboxylic acids is 1. The van der Waals surface area contributed by atoms with Gasteiger partial charge in [-0.1, -0.05) is 24.6 Å². The summed E-state index contributed by atoms with van der Waals surface area (Å²) in [6.45, 7) is 1.06. The second-order valence-corrected chi connectivity index (χ2v) is 9.28. The summed E-state index contributed by atoms with van der Waals surface area (Å²) in [5.41, 5.74) is 1.03. The molecule has 1 saturated heterocycles. The summed E-state index contributed by atoms with van der Waals surface area (Å²) in [7, 11) is -1.99. The van der Waals surface area contributed by atoms with E-state index in [1.165, 1.54) is 16.4 Å². The number of benzene rings is 2. The Bertz CT molecular complexity index is 1220. The Morgan fingerprint density at radius 2 is 1.87 bits per heavy atom. The monoisotopic (exact) mass is 440 g/mol. The van der Waals surface area contributed by atoms with Crippen LogP contribution in [0.2, 0.25) is 0 Å². The largest absolute Gasteiger partial charge is 0.493 e. The van der Waals surface area contributed by atoms with Gasteiger partial charge in [0.2, 0.25) is 15.9 Å². The van der Waals surface area contributed by atoms with Gasteiger partial charge in [-0.3, -0.25) is 4.79 Å². The third-order valence-corrected chi connectivity index (χ3v) is 7.09. The highest BCUT2D eigenvalue weighted by Crippen LogP contribution is 2.29. The fourth-order valence-electron chi connectivity index (χ4n) is 3.63. The first-order chi connectivity index (χ1) is 15.0. The molecule has 0 unspecified atom stereocenters. The van der Waals surface area contributed by atoms with Gasteiger partial charge in [-0.2, -0.15) is 4.31 Å². The summed E-state index contributed by atoms with van der Waals surface area (Å²) in [5, 5.41) is 3.58. The van der Waals surface area contributed by atoms with Crippen LogP contribution in [0.15, 0.2) is 63.9 Å². The van der Waals surface area contributed by atoms with Crippen LogP contribution < -0.4 is 10.1 Å². The average Bonchev–Trinajstić information content (AvgIpc) is 3.22. The number of carbonyl (C=O) groups is 1. The number of para-hydroxylation sites is 1. The quantitative estimate of drug-likeness (QED) is 0.579. The van der Waals surface area contributed by atoms with Gasteiger partial charge < -0.3 is 14.5 Å². The van der Waals surface area contributed by atoms with Gasteiger partial charge >= 0.3 is 0 Å². The maximum absolute atomic E-state index is 12.9. The molecule has 7 nitrogen and oxygen atoms in total. The molecule has 0 bridgehead atoms. The summed E-state index contributed by atoms with van der Waals surface area (Å²) >= 11 is 0. The molecule has 2 heterocycles. The molecule has 0 atom stereocenters. The predicted molar refractivity (Wildman–Crippen MR) is 119 cm³/mol. The molecule has 162 valence electrons. The highest BCUT2D eigenvalue weighted by atomic mass is 32.2. The van der Waals surface area contributed by atoms with E-state index >= 15 is 0 Å². The number of hydrogen-bond acceptors (Lipinski definition) is 5. The lowest BCUT2D eigenvalue weighted by atomic mass is 10.2. The van der Waals surface area contributed by atoms with E-state index in [9.17, 15) is 13.2 Å². The van der Waals surface area contributed by atoms with Crippen LogP contribution in [0.1, 0.15) is 25.0 Å². The zero-order chi connectivity index (χ0) is 21.8. The topological polar surface area (TPSA) is 88.8 Å². The second kappa shape index (κ2) is 8.95. The molecule has 0 radical (unpaired) electrons. The average molecular weight is 441 g/mol. The van der Waals surface area contributed by atoms with Gasteiger partial charge in [0.25, 0.3) is 0 Å². The SMILES string of the molecule is COc1cccc2cc(/C=C/C(=O)Nc3cccc(S(=O)(=O)N4CCCCC4)c3)oc12. The van der Waals surface area contributed by atoms with Crippen LogP contribution >= 0.6 is 0 Å². The van der Waals surface area contributed by atoms with Crippen molar-refractivity contribution in [2.75, 3.05) is 25.5 Å². The third kappa shape index (κ3) is 4.65. The number of methoxy groups -OCH3 is 1. The molecular formula is C23H24N2O5S. The normalized spacial score (nSPS) is 15.4. The van der Waals surface area contributed by atoms with Gasteiger partial charge in [0.15, 0.2) is 11.3 Å². The molecule has 1 N–H and O–H groups in total. The Labute approximate surface area is 181 Å². The number of fused-ring (bicyclic) bond motifs is 1. The lowest BCUT2D eigenvalue weighted by Crippen LogP contribution is -2.35. The molecule has 31 heavy (non-hydrogen) atoms. The molecule has 1 aromatic heterocycles. The van der Waals surface area contributed by atoms with E-state index in [0.717, 1.165) is 24.6 Å². The maximum atomic E-state index is 12.9. The number of ether oxygens (including phenoxy) is 1. The number of amides is 1. The smallest absolute Gasteiger partial charge is 0.248 e. The second-order valence-electron chi connectivity index (χ2n) is 7.34. The van der Waals surface area contributed by atoms with Crippen LogP contribution in [0.3, 0.4) is 0 Å². The van der Waals surface area contributed by atoms with Crippen molar-refractivity contribution in [2.24, 2.45) is 0 Å². The zero-order valence-electron chi connectivity index (χ0n) is 17.2. The molecule has 1 aliphatic heterocycles. The van der Waals surface area contributed by atoms with Crippen molar-refractivity contribution in [1.29, 1.82) is 0 Å². The Morgan fingerprint density at radius 1 is 1.10 bits per heavy atom. The van der Waals surface area contributed by atoms with Crippen molar-refractivity contribution in [3.8, 4) is 5.75 Å². The number of sulfonamides is 1. The molecule has 0 spiro atoms. The zero-order valence-corrected chi connectivity index (χ0v) is 18.0. The number of hydrogen-bond donors (Lipinski definition) is 1. The number of anilines is 1. The minimum absolute atomic E-state index is 0.181. The number of nitrogens with zero attached hydrogens (tertiary/aromatic N) is 1. The first-order valence-corrected chi connectivity index (χ1v) is 11.6.